The van der Waals surface area contributed by atoms with E-state index in [1.54, 1.807) is 24.3 Å². The standard InChI is InChI=1S/C13H16N2O4/c1-18-11(16)8-19-10-4-2-3-9(7-10)15-12(17)13(14)5-6-13/h2-4,7H,5-6,8,14H2,1H3,(H,15,17). The number of nitrogens with one attached hydrogen (secondary N) is 1. The molecule has 2 rings (SSSR count). The summed E-state index contributed by atoms with van der Waals surface area (Å²) in [6, 6.07) is 6.77. The summed E-state index contributed by atoms with van der Waals surface area (Å²) in [6.07, 6.45) is 1.41. The molecule has 3 N–H and O–H groups in total. The molecular weight excluding hydrogens is 248 g/mol. The van der Waals surface area contributed by atoms with Gasteiger partial charge in [0.05, 0.1) is 12.6 Å². The molecule has 0 atom stereocenters. The first-order chi connectivity index (χ1) is 9.03. The smallest absolute Gasteiger partial charge is 0.343 e. The van der Waals surface area contributed by atoms with Gasteiger partial charge in [-0.15, -0.1) is 0 Å². The van der Waals surface area contributed by atoms with E-state index in [0.717, 1.165) is 0 Å². The molecule has 102 valence electrons. The maximum atomic E-state index is 11.8. The Labute approximate surface area is 110 Å². The number of esters is 1. The number of carbonyl (C=O) groups excluding carboxylic acids is 2. The van der Waals surface area contributed by atoms with Crippen molar-refractivity contribution in [1.82, 2.24) is 0 Å². The maximum absolute atomic E-state index is 11.8. The van der Waals surface area contributed by atoms with Crippen molar-refractivity contribution in [3.63, 3.8) is 0 Å². The molecule has 1 aromatic rings. The molecule has 6 nitrogen and oxygen atoms in total. The third-order valence-corrected chi connectivity index (χ3v) is 2.92. The van der Waals surface area contributed by atoms with E-state index in [1.165, 1.54) is 7.11 Å². The molecule has 1 fully saturated rings. The molecule has 0 heterocycles. The molecule has 19 heavy (non-hydrogen) atoms. The van der Waals surface area contributed by atoms with Gasteiger partial charge < -0.3 is 20.5 Å². The van der Waals surface area contributed by atoms with Crippen molar-refractivity contribution in [2.75, 3.05) is 19.0 Å². The first-order valence-electron chi connectivity index (χ1n) is 5.93. The predicted molar refractivity (Wildman–Crippen MR) is 68.7 cm³/mol. The van der Waals surface area contributed by atoms with Crippen LogP contribution in [0.5, 0.6) is 5.75 Å². The Morgan fingerprint density at radius 3 is 2.79 bits per heavy atom. The summed E-state index contributed by atoms with van der Waals surface area (Å²) in [4.78, 5) is 22.7. The molecule has 0 radical (unpaired) electrons. The monoisotopic (exact) mass is 264 g/mol. The molecule has 0 aromatic heterocycles. The minimum atomic E-state index is -0.719. The largest absolute Gasteiger partial charge is 0.482 e. The number of rotatable bonds is 5. The van der Waals surface area contributed by atoms with Gasteiger partial charge in [-0.2, -0.15) is 0 Å². The van der Waals surface area contributed by atoms with E-state index in [2.05, 4.69) is 10.1 Å². The normalized spacial score (nSPS) is 15.5. The van der Waals surface area contributed by atoms with Gasteiger partial charge in [-0.3, -0.25) is 4.79 Å². The number of ether oxygens (including phenoxy) is 2. The SMILES string of the molecule is COC(=O)COc1cccc(NC(=O)C2(N)CC2)c1. The van der Waals surface area contributed by atoms with Crippen LogP contribution in [0.3, 0.4) is 0 Å². The average Bonchev–Trinajstić information content (AvgIpc) is 3.16. The zero-order valence-electron chi connectivity index (χ0n) is 10.6. The van der Waals surface area contributed by atoms with E-state index in [4.69, 9.17) is 10.5 Å². The molecule has 0 aliphatic heterocycles. The maximum Gasteiger partial charge on any atom is 0.343 e. The van der Waals surface area contributed by atoms with Gasteiger partial charge in [0, 0.05) is 11.8 Å². The zero-order valence-corrected chi connectivity index (χ0v) is 10.6. The molecule has 1 saturated carbocycles. The molecule has 1 amide bonds. The van der Waals surface area contributed by atoms with Crippen molar-refractivity contribution < 1.29 is 19.1 Å². The molecule has 0 unspecified atom stereocenters. The van der Waals surface area contributed by atoms with Crippen LogP contribution in [-0.4, -0.2) is 31.1 Å². The zero-order chi connectivity index (χ0) is 13.9. The summed E-state index contributed by atoms with van der Waals surface area (Å²) in [6.45, 7) is -0.172. The Bertz CT molecular complexity index is 497. The fourth-order valence-corrected chi connectivity index (χ4v) is 1.48. The predicted octanol–water partition coefficient (Wildman–Crippen LogP) is 0.668. The Morgan fingerprint density at radius 1 is 1.42 bits per heavy atom. The molecule has 1 aliphatic carbocycles. The lowest BCUT2D eigenvalue weighted by Gasteiger charge is -2.11. The van der Waals surface area contributed by atoms with E-state index >= 15 is 0 Å². The molecule has 1 aromatic carbocycles. The second-order valence-electron chi connectivity index (χ2n) is 4.50. The van der Waals surface area contributed by atoms with Crippen LogP contribution in [0.4, 0.5) is 5.69 Å². The van der Waals surface area contributed by atoms with E-state index in [0.29, 0.717) is 24.3 Å². The van der Waals surface area contributed by atoms with Gasteiger partial charge in [-0.25, -0.2) is 4.79 Å². The summed E-state index contributed by atoms with van der Waals surface area (Å²) >= 11 is 0. The third-order valence-electron chi connectivity index (χ3n) is 2.92. The first-order valence-corrected chi connectivity index (χ1v) is 5.93. The van der Waals surface area contributed by atoms with Crippen LogP contribution in [0, 0.1) is 0 Å². The molecular formula is C13H16N2O4. The Kier molecular flexibility index (Phi) is 3.71. The first kappa shape index (κ1) is 13.4. The summed E-state index contributed by atoms with van der Waals surface area (Å²) in [7, 11) is 1.29. The van der Waals surface area contributed by atoms with Crippen molar-refractivity contribution in [2.24, 2.45) is 5.73 Å². The number of methoxy groups -OCH3 is 1. The summed E-state index contributed by atoms with van der Waals surface area (Å²) in [5, 5.41) is 2.73. The van der Waals surface area contributed by atoms with Gasteiger partial charge in [0.25, 0.3) is 0 Å². The van der Waals surface area contributed by atoms with Gasteiger partial charge in [-0.1, -0.05) is 6.07 Å². The second-order valence-corrected chi connectivity index (χ2v) is 4.50. The molecule has 0 spiro atoms. The van der Waals surface area contributed by atoms with Gasteiger partial charge in [0.1, 0.15) is 5.75 Å². The highest BCUT2D eigenvalue weighted by atomic mass is 16.6. The Balaban J connectivity index is 1.95. The van der Waals surface area contributed by atoms with Crippen molar-refractivity contribution in [1.29, 1.82) is 0 Å². The summed E-state index contributed by atoms with van der Waals surface area (Å²) < 4.78 is 9.69. The van der Waals surface area contributed by atoms with Crippen LogP contribution in [0.25, 0.3) is 0 Å². The van der Waals surface area contributed by atoms with Gasteiger partial charge in [-0.05, 0) is 25.0 Å². The number of benzene rings is 1. The highest BCUT2D eigenvalue weighted by Gasteiger charge is 2.45. The van der Waals surface area contributed by atoms with Gasteiger partial charge in [0.15, 0.2) is 6.61 Å². The number of amides is 1. The lowest BCUT2D eigenvalue weighted by molar-refractivity contribution is -0.142. The second kappa shape index (κ2) is 5.27. The summed E-state index contributed by atoms with van der Waals surface area (Å²) in [5.41, 5.74) is 5.66. The number of anilines is 1. The topological polar surface area (TPSA) is 90.6 Å². The van der Waals surface area contributed by atoms with E-state index in [9.17, 15) is 9.59 Å². The third kappa shape index (κ3) is 3.45. The number of carbonyl (C=O) groups is 2. The van der Waals surface area contributed by atoms with E-state index in [-0.39, 0.29) is 12.5 Å². The highest BCUT2D eigenvalue weighted by molar-refractivity contribution is 6.00. The number of hydrogen-bond acceptors (Lipinski definition) is 5. The van der Waals surface area contributed by atoms with Crippen molar-refractivity contribution in [3.8, 4) is 5.75 Å². The van der Waals surface area contributed by atoms with Gasteiger partial charge >= 0.3 is 5.97 Å². The van der Waals surface area contributed by atoms with Crippen molar-refractivity contribution in [2.45, 2.75) is 18.4 Å². The molecule has 0 bridgehead atoms. The lowest BCUT2D eigenvalue weighted by Crippen LogP contribution is -2.37. The van der Waals surface area contributed by atoms with Crippen molar-refractivity contribution >= 4 is 17.6 Å². The van der Waals surface area contributed by atoms with E-state index in [1.807, 2.05) is 0 Å². The van der Waals surface area contributed by atoms with Crippen LogP contribution < -0.4 is 15.8 Å². The number of nitrogens with two attached hydrogens (primary N) is 1. The van der Waals surface area contributed by atoms with Crippen molar-refractivity contribution in [3.05, 3.63) is 24.3 Å². The van der Waals surface area contributed by atoms with Gasteiger partial charge in [0.2, 0.25) is 5.91 Å². The molecule has 6 heteroatoms. The van der Waals surface area contributed by atoms with Crippen LogP contribution in [0.2, 0.25) is 0 Å². The van der Waals surface area contributed by atoms with Crippen LogP contribution in [-0.2, 0) is 14.3 Å². The fraction of sp³-hybridized carbons (Fsp3) is 0.385. The number of hydrogen-bond donors (Lipinski definition) is 2. The van der Waals surface area contributed by atoms with Crippen LogP contribution >= 0.6 is 0 Å². The van der Waals surface area contributed by atoms with E-state index < -0.39 is 11.5 Å². The fourth-order valence-electron chi connectivity index (χ4n) is 1.48. The average molecular weight is 264 g/mol. The lowest BCUT2D eigenvalue weighted by atomic mass is 10.2. The molecule has 0 saturated heterocycles. The summed E-state index contributed by atoms with van der Waals surface area (Å²) in [5.74, 6) is -0.184. The minimum Gasteiger partial charge on any atom is -0.482 e. The Morgan fingerprint density at radius 2 is 2.16 bits per heavy atom. The highest BCUT2D eigenvalue weighted by Crippen LogP contribution is 2.33. The minimum absolute atomic E-state index is 0.172. The quantitative estimate of drug-likeness (QED) is 0.763. The van der Waals surface area contributed by atoms with Crippen LogP contribution in [0.15, 0.2) is 24.3 Å². The van der Waals surface area contributed by atoms with Crippen LogP contribution in [0.1, 0.15) is 12.8 Å². The Hall–Kier alpha value is -2.08. The molecule has 1 aliphatic rings.